The molecule has 4 rings (SSSR count). The maximum atomic E-state index is 6.05. The molecule has 0 atom stereocenters. The van der Waals surface area contributed by atoms with Crippen molar-refractivity contribution in [3.8, 4) is 11.4 Å². The zero-order chi connectivity index (χ0) is 19.2. The molecule has 0 radical (unpaired) electrons. The second-order valence-corrected chi connectivity index (χ2v) is 8.24. The molecule has 1 aliphatic rings. The van der Waals surface area contributed by atoms with Crippen molar-refractivity contribution in [3.05, 3.63) is 66.0 Å². The molecule has 1 aromatic heterocycles. The molecule has 0 unspecified atom stereocenters. The van der Waals surface area contributed by atoms with Gasteiger partial charge in [-0.1, -0.05) is 48.2 Å². The Labute approximate surface area is 170 Å². The molecular weight excluding hydrogens is 368 g/mol. The van der Waals surface area contributed by atoms with Crippen LogP contribution < -0.4 is 9.64 Å². The van der Waals surface area contributed by atoms with Crippen LogP contribution in [0.4, 0.5) is 0 Å². The van der Waals surface area contributed by atoms with Gasteiger partial charge in [0, 0.05) is 18.5 Å². The molecule has 2 heterocycles. The van der Waals surface area contributed by atoms with Gasteiger partial charge < -0.3 is 9.64 Å². The van der Waals surface area contributed by atoms with Gasteiger partial charge in [-0.3, -0.25) is 4.57 Å². The Morgan fingerprint density at radius 2 is 1.75 bits per heavy atom. The van der Waals surface area contributed by atoms with Gasteiger partial charge >= 0.3 is 0 Å². The molecule has 146 valence electrons. The van der Waals surface area contributed by atoms with Crippen LogP contribution in [0.5, 0.6) is 5.75 Å². The van der Waals surface area contributed by atoms with Crippen LogP contribution >= 0.6 is 11.8 Å². The number of nitrogens with one attached hydrogen (secondary N) is 1. The maximum absolute atomic E-state index is 6.05. The summed E-state index contributed by atoms with van der Waals surface area (Å²) in [5.41, 5.74) is 2.20. The second-order valence-electron chi connectivity index (χ2n) is 7.18. The Hall–Kier alpha value is -2.31. The first-order valence-corrected chi connectivity index (χ1v) is 10.9. The van der Waals surface area contributed by atoms with Crippen molar-refractivity contribution in [1.82, 2.24) is 14.8 Å². The Balaban J connectivity index is 1.50. The lowest BCUT2D eigenvalue weighted by Crippen LogP contribution is -3.10. The topological polar surface area (TPSA) is 44.4 Å². The summed E-state index contributed by atoms with van der Waals surface area (Å²) in [6.07, 6.45) is 2.72. The number of para-hydroxylation sites is 2. The molecule has 1 saturated heterocycles. The minimum absolute atomic E-state index is 0.394. The van der Waals surface area contributed by atoms with E-state index in [1.165, 1.54) is 32.5 Å². The highest BCUT2D eigenvalue weighted by Crippen LogP contribution is 2.23. The number of rotatable bonds is 8. The van der Waals surface area contributed by atoms with E-state index in [-0.39, 0.29) is 0 Å². The monoisotopic (exact) mass is 395 g/mol. The summed E-state index contributed by atoms with van der Waals surface area (Å²) in [6.45, 7) is 6.24. The van der Waals surface area contributed by atoms with E-state index in [0.717, 1.165) is 33.7 Å². The number of quaternary nitrogens is 1. The largest absolute Gasteiger partial charge is 0.485 e. The Kier molecular flexibility index (Phi) is 6.29. The molecule has 0 spiro atoms. The zero-order valence-corrected chi connectivity index (χ0v) is 17.1. The average Bonchev–Trinajstić information content (AvgIpc) is 3.38. The maximum Gasteiger partial charge on any atom is 0.196 e. The summed E-state index contributed by atoms with van der Waals surface area (Å²) in [6, 6.07) is 18.4. The number of hydrogen-bond donors (Lipinski definition) is 1. The Morgan fingerprint density at radius 1 is 1.00 bits per heavy atom. The predicted octanol–water partition coefficient (Wildman–Crippen LogP) is 2.93. The Bertz CT molecular complexity index is 891. The first-order valence-electron chi connectivity index (χ1n) is 9.96. The van der Waals surface area contributed by atoms with E-state index in [0.29, 0.717) is 6.61 Å². The fourth-order valence-corrected chi connectivity index (χ4v) is 4.61. The van der Waals surface area contributed by atoms with Crippen LogP contribution in [0.25, 0.3) is 5.69 Å². The molecule has 1 fully saturated rings. The van der Waals surface area contributed by atoms with Crippen LogP contribution in [-0.2, 0) is 6.61 Å². The van der Waals surface area contributed by atoms with Crippen LogP contribution in [-0.4, -0.2) is 40.2 Å². The van der Waals surface area contributed by atoms with Crippen molar-refractivity contribution in [1.29, 1.82) is 0 Å². The van der Waals surface area contributed by atoms with Crippen molar-refractivity contribution in [2.24, 2.45) is 0 Å². The minimum atomic E-state index is 0.394. The third kappa shape index (κ3) is 4.56. The SMILES string of the molecule is Cc1ccccc1OCc1nnc(SCC[NH+]2CCCC2)n1-c1ccccc1. The van der Waals surface area contributed by atoms with Gasteiger partial charge in [-0.05, 0) is 30.7 Å². The van der Waals surface area contributed by atoms with Crippen molar-refractivity contribution < 1.29 is 9.64 Å². The van der Waals surface area contributed by atoms with E-state index in [4.69, 9.17) is 4.74 Å². The molecule has 5 nitrogen and oxygen atoms in total. The van der Waals surface area contributed by atoms with Crippen LogP contribution in [0.1, 0.15) is 24.2 Å². The number of benzene rings is 2. The molecule has 0 aliphatic carbocycles. The molecule has 6 heteroatoms. The highest BCUT2D eigenvalue weighted by molar-refractivity contribution is 7.99. The smallest absolute Gasteiger partial charge is 0.196 e. The van der Waals surface area contributed by atoms with E-state index >= 15 is 0 Å². The van der Waals surface area contributed by atoms with Gasteiger partial charge in [0.25, 0.3) is 0 Å². The molecule has 0 amide bonds. The molecule has 2 aromatic carbocycles. The van der Waals surface area contributed by atoms with Crippen molar-refractivity contribution in [2.45, 2.75) is 31.5 Å². The molecule has 1 N–H and O–H groups in total. The van der Waals surface area contributed by atoms with Gasteiger partial charge in [0.2, 0.25) is 0 Å². The lowest BCUT2D eigenvalue weighted by molar-refractivity contribution is -0.884. The number of likely N-dealkylation sites (tertiary alicyclic amines) is 1. The lowest BCUT2D eigenvalue weighted by Gasteiger charge is -2.13. The summed E-state index contributed by atoms with van der Waals surface area (Å²) in [5, 5.41) is 9.86. The summed E-state index contributed by atoms with van der Waals surface area (Å²) < 4.78 is 8.17. The standard InChI is InChI=1S/C22H26N4OS/c1-18-9-5-6-12-20(18)27-17-21-23-24-22(26(21)19-10-3-2-4-11-19)28-16-15-25-13-7-8-14-25/h2-6,9-12H,7-8,13-17H2,1H3/p+1. The van der Waals surface area contributed by atoms with E-state index < -0.39 is 0 Å². The summed E-state index contributed by atoms with van der Waals surface area (Å²) in [7, 11) is 0. The number of ether oxygens (including phenoxy) is 1. The van der Waals surface area contributed by atoms with Crippen molar-refractivity contribution >= 4 is 11.8 Å². The third-order valence-electron chi connectivity index (χ3n) is 5.16. The molecule has 0 bridgehead atoms. The van der Waals surface area contributed by atoms with Crippen LogP contribution in [0, 0.1) is 6.92 Å². The quantitative estimate of drug-likeness (QED) is 0.596. The van der Waals surface area contributed by atoms with Gasteiger partial charge in [0.1, 0.15) is 12.4 Å². The highest BCUT2D eigenvalue weighted by Gasteiger charge is 2.18. The van der Waals surface area contributed by atoms with Gasteiger partial charge in [0.05, 0.1) is 25.4 Å². The highest BCUT2D eigenvalue weighted by atomic mass is 32.2. The van der Waals surface area contributed by atoms with Crippen molar-refractivity contribution in [3.63, 3.8) is 0 Å². The van der Waals surface area contributed by atoms with Crippen LogP contribution in [0.15, 0.2) is 59.8 Å². The Morgan fingerprint density at radius 3 is 2.54 bits per heavy atom. The van der Waals surface area contributed by atoms with E-state index in [1.807, 2.05) is 36.4 Å². The average molecular weight is 396 g/mol. The van der Waals surface area contributed by atoms with Crippen LogP contribution in [0.3, 0.4) is 0 Å². The number of aryl methyl sites for hydroxylation is 1. The normalized spacial score (nSPS) is 14.5. The molecule has 0 saturated carbocycles. The minimum Gasteiger partial charge on any atom is -0.485 e. The van der Waals surface area contributed by atoms with Gasteiger partial charge in [0.15, 0.2) is 11.0 Å². The first-order chi connectivity index (χ1) is 13.8. The number of nitrogens with zero attached hydrogens (tertiary/aromatic N) is 3. The first kappa shape index (κ1) is 19.0. The van der Waals surface area contributed by atoms with E-state index in [1.54, 1.807) is 16.7 Å². The summed E-state index contributed by atoms with van der Waals surface area (Å²) >= 11 is 1.79. The lowest BCUT2D eigenvalue weighted by atomic mass is 10.2. The molecule has 28 heavy (non-hydrogen) atoms. The van der Waals surface area contributed by atoms with Gasteiger partial charge in [-0.2, -0.15) is 0 Å². The van der Waals surface area contributed by atoms with Crippen LogP contribution in [0.2, 0.25) is 0 Å². The predicted molar refractivity (Wildman–Crippen MR) is 112 cm³/mol. The van der Waals surface area contributed by atoms with Gasteiger partial charge in [-0.25, -0.2) is 0 Å². The molecule has 3 aromatic rings. The summed E-state index contributed by atoms with van der Waals surface area (Å²) in [5.74, 6) is 2.77. The molecule has 1 aliphatic heterocycles. The second kappa shape index (κ2) is 9.26. The summed E-state index contributed by atoms with van der Waals surface area (Å²) in [4.78, 5) is 1.71. The third-order valence-corrected chi connectivity index (χ3v) is 6.09. The fraction of sp³-hybridized carbons (Fsp3) is 0.364. The number of hydrogen-bond acceptors (Lipinski definition) is 4. The molecular formula is C22H27N4OS+. The number of thioether (sulfide) groups is 1. The number of aromatic nitrogens is 3. The van der Waals surface area contributed by atoms with Crippen molar-refractivity contribution in [2.75, 3.05) is 25.4 Å². The zero-order valence-electron chi connectivity index (χ0n) is 16.3. The fourth-order valence-electron chi connectivity index (χ4n) is 3.60. The van der Waals surface area contributed by atoms with E-state index in [2.05, 4.69) is 39.9 Å². The van der Waals surface area contributed by atoms with E-state index in [9.17, 15) is 0 Å². The van der Waals surface area contributed by atoms with Gasteiger partial charge in [-0.15, -0.1) is 10.2 Å².